The Morgan fingerprint density at radius 2 is 2.05 bits per heavy atom. The van der Waals surface area contributed by atoms with Gasteiger partial charge in [0.2, 0.25) is 0 Å². The lowest BCUT2D eigenvalue weighted by Crippen LogP contribution is -2.43. The highest BCUT2D eigenvalue weighted by atomic mass is 32.1. The van der Waals surface area contributed by atoms with Crippen molar-refractivity contribution in [2.45, 2.75) is 26.8 Å². The molecule has 1 unspecified atom stereocenters. The van der Waals surface area contributed by atoms with Crippen molar-refractivity contribution in [2.24, 2.45) is 16.9 Å². The molecule has 7 nitrogen and oxygen atoms in total. The van der Waals surface area contributed by atoms with Gasteiger partial charge in [-0.25, -0.2) is 10.6 Å². The summed E-state index contributed by atoms with van der Waals surface area (Å²) in [5.41, 5.74) is 0. The van der Waals surface area contributed by atoms with Gasteiger partial charge < -0.3 is 4.74 Å². The first-order valence-corrected chi connectivity index (χ1v) is 6.86. The summed E-state index contributed by atoms with van der Waals surface area (Å²) in [5, 5.41) is 3.30. The number of thiophene rings is 1. The number of nitroso groups, excluding NO2 is 1. The molecule has 0 saturated heterocycles. The Morgan fingerprint density at radius 1 is 1.40 bits per heavy atom. The van der Waals surface area contributed by atoms with Gasteiger partial charge in [0.05, 0.1) is 11.5 Å². The van der Waals surface area contributed by atoms with Crippen molar-refractivity contribution in [2.75, 3.05) is 6.61 Å². The van der Waals surface area contributed by atoms with Gasteiger partial charge >= 0.3 is 6.09 Å². The van der Waals surface area contributed by atoms with E-state index in [2.05, 4.69) is 5.18 Å². The number of hydrazine groups is 1. The normalized spacial score (nSPS) is 12.1. The Hall–Kier alpha value is -1.80. The maximum absolute atomic E-state index is 12.0. The monoisotopic (exact) mass is 299 g/mol. The Morgan fingerprint density at radius 3 is 2.60 bits per heavy atom. The van der Waals surface area contributed by atoms with Crippen molar-refractivity contribution in [3.05, 3.63) is 26.8 Å². The lowest BCUT2D eigenvalue weighted by Gasteiger charge is -2.14. The number of imide groups is 1. The van der Waals surface area contributed by atoms with Gasteiger partial charge in [-0.15, -0.1) is 11.3 Å². The molecule has 0 aliphatic carbocycles. The minimum absolute atomic E-state index is 0.148. The number of nitrogens with zero attached hydrogens (tertiary/aromatic N) is 2. The third-order valence-corrected chi connectivity index (χ3v) is 3.61. The summed E-state index contributed by atoms with van der Waals surface area (Å²) in [6.07, 6.45) is -0.903. The Balaban J connectivity index is 2.71. The molecule has 0 fully saturated rings. The fraction of sp³-hybridized carbons (Fsp3) is 0.500. The lowest BCUT2D eigenvalue weighted by atomic mass is 10.2. The van der Waals surface area contributed by atoms with E-state index in [1.54, 1.807) is 13.0 Å². The van der Waals surface area contributed by atoms with Crippen molar-refractivity contribution in [1.29, 1.82) is 0 Å². The van der Waals surface area contributed by atoms with Gasteiger partial charge in [0.25, 0.3) is 5.91 Å². The standard InChI is InChI=1S/C12H17N3O4S/c1-7(2)6-19-12(17)15(13)11(16)10-5-4-9(20-10)8(3)14-18/h4-5,7-8H,6,13H2,1-3H3. The molecule has 1 aromatic heterocycles. The molecule has 1 heterocycles. The molecular formula is C12H17N3O4S. The largest absolute Gasteiger partial charge is 0.448 e. The van der Waals surface area contributed by atoms with Crippen LogP contribution in [0.5, 0.6) is 0 Å². The van der Waals surface area contributed by atoms with Crippen LogP contribution in [0.3, 0.4) is 0 Å². The first-order chi connectivity index (χ1) is 9.36. The van der Waals surface area contributed by atoms with E-state index in [4.69, 9.17) is 10.6 Å². The highest BCUT2D eigenvalue weighted by Gasteiger charge is 2.23. The highest BCUT2D eigenvalue weighted by molar-refractivity contribution is 7.14. The van der Waals surface area contributed by atoms with Crippen molar-refractivity contribution >= 4 is 23.3 Å². The van der Waals surface area contributed by atoms with E-state index in [1.807, 2.05) is 13.8 Å². The SMILES string of the molecule is CC(C)COC(=O)N(N)C(=O)c1ccc(C(C)N=O)s1. The number of rotatable bonds is 5. The van der Waals surface area contributed by atoms with E-state index >= 15 is 0 Å². The van der Waals surface area contributed by atoms with Crippen molar-refractivity contribution in [3.8, 4) is 0 Å². The fourth-order valence-corrected chi connectivity index (χ4v) is 2.18. The minimum atomic E-state index is -0.903. The topological polar surface area (TPSA) is 102 Å². The Labute approximate surface area is 120 Å². The Bertz CT molecular complexity index is 501. The van der Waals surface area contributed by atoms with Gasteiger partial charge in [-0.05, 0) is 25.0 Å². The molecule has 0 aromatic carbocycles. The number of hydrogen-bond acceptors (Lipinski definition) is 7. The summed E-state index contributed by atoms with van der Waals surface area (Å²) >= 11 is 1.07. The predicted molar refractivity (Wildman–Crippen MR) is 75.1 cm³/mol. The van der Waals surface area contributed by atoms with E-state index in [1.165, 1.54) is 6.07 Å². The average molecular weight is 299 g/mol. The molecule has 8 heteroatoms. The molecule has 110 valence electrons. The first-order valence-electron chi connectivity index (χ1n) is 6.05. The summed E-state index contributed by atoms with van der Waals surface area (Å²) in [4.78, 5) is 34.8. The molecule has 0 saturated carbocycles. The summed E-state index contributed by atoms with van der Waals surface area (Å²) < 4.78 is 4.86. The van der Waals surface area contributed by atoms with Crippen LogP contribution in [0.25, 0.3) is 0 Å². The van der Waals surface area contributed by atoms with E-state index in [0.29, 0.717) is 9.89 Å². The number of nitrogens with two attached hydrogens (primary N) is 1. The molecule has 0 spiro atoms. The summed E-state index contributed by atoms with van der Waals surface area (Å²) in [5.74, 6) is 4.90. The van der Waals surface area contributed by atoms with E-state index in [0.717, 1.165) is 11.3 Å². The quantitative estimate of drug-likeness (QED) is 0.390. The molecule has 20 heavy (non-hydrogen) atoms. The predicted octanol–water partition coefficient (Wildman–Crippen LogP) is 2.68. The van der Waals surface area contributed by atoms with Crippen LogP contribution in [0, 0.1) is 10.8 Å². The third-order valence-electron chi connectivity index (χ3n) is 2.36. The summed E-state index contributed by atoms with van der Waals surface area (Å²) in [6, 6.07) is 2.57. The van der Waals surface area contributed by atoms with Crippen LogP contribution in [0.15, 0.2) is 17.3 Å². The second kappa shape index (κ2) is 7.11. The van der Waals surface area contributed by atoms with Crippen molar-refractivity contribution in [1.82, 2.24) is 5.01 Å². The first kappa shape index (κ1) is 16.3. The maximum atomic E-state index is 12.0. The van der Waals surface area contributed by atoms with Gasteiger partial charge in [-0.3, -0.25) is 4.79 Å². The summed E-state index contributed by atoms with van der Waals surface area (Å²) in [6.45, 7) is 5.54. The smallest absolute Gasteiger partial charge is 0.431 e. The molecule has 1 aromatic rings. The van der Waals surface area contributed by atoms with Gasteiger partial charge in [0, 0.05) is 4.88 Å². The number of amides is 2. The molecule has 0 aliphatic heterocycles. The number of carbonyl (C=O) groups is 2. The van der Waals surface area contributed by atoms with Crippen molar-refractivity contribution < 1.29 is 14.3 Å². The van der Waals surface area contributed by atoms with Gasteiger partial charge in [-0.1, -0.05) is 19.0 Å². The van der Waals surface area contributed by atoms with Crippen LogP contribution in [-0.2, 0) is 4.74 Å². The molecule has 1 atom stereocenters. The van der Waals surface area contributed by atoms with E-state index < -0.39 is 18.0 Å². The van der Waals surface area contributed by atoms with Crippen LogP contribution in [0.1, 0.15) is 41.4 Å². The number of ether oxygens (including phenoxy) is 1. The zero-order chi connectivity index (χ0) is 15.3. The lowest BCUT2D eigenvalue weighted by molar-refractivity contribution is 0.0635. The van der Waals surface area contributed by atoms with Gasteiger partial charge in [0.15, 0.2) is 0 Å². The highest BCUT2D eigenvalue weighted by Crippen LogP contribution is 2.26. The molecule has 2 N–H and O–H groups in total. The second-order valence-electron chi connectivity index (χ2n) is 4.63. The fourth-order valence-electron chi connectivity index (χ4n) is 1.25. The third kappa shape index (κ3) is 4.10. The molecule has 2 amide bonds. The van der Waals surface area contributed by atoms with Gasteiger partial charge in [-0.2, -0.15) is 9.92 Å². The van der Waals surface area contributed by atoms with Crippen LogP contribution in [0.4, 0.5) is 4.79 Å². The number of hydrogen-bond donors (Lipinski definition) is 1. The zero-order valence-electron chi connectivity index (χ0n) is 11.5. The molecule has 0 radical (unpaired) electrons. The van der Waals surface area contributed by atoms with Crippen LogP contribution in [-0.4, -0.2) is 23.6 Å². The van der Waals surface area contributed by atoms with Crippen LogP contribution >= 0.6 is 11.3 Å². The van der Waals surface area contributed by atoms with E-state index in [9.17, 15) is 14.5 Å². The molecule has 0 aliphatic rings. The molecule has 0 bridgehead atoms. The molecular weight excluding hydrogens is 282 g/mol. The van der Waals surface area contributed by atoms with Crippen molar-refractivity contribution in [3.63, 3.8) is 0 Å². The average Bonchev–Trinajstić information content (AvgIpc) is 2.91. The second-order valence-corrected chi connectivity index (χ2v) is 5.74. The van der Waals surface area contributed by atoms with Crippen LogP contribution < -0.4 is 5.84 Å². The maximum Gasteiger partial charge on any atom is 0.431 e. The van der Waals surface area contributed by atoms with E-state index in [-0.39, 0.29) is 17.4 Å². The van der Waals surface area contributed by atoms with Gasteiger partial charge in [0.1, 0.15) is 6.04 Å². The minimum Gasteiger partial charge on any atom is -0.448 e. The summed E-state index contributed by atoms with van der Waals surface area (Å²) in [7, 11) is 0. The van der Waals surface area contributed by atoms with Crippen LogP contribution in [0.2, 0.25) is 0 Å². The zero-order valence-corrected chi connectivity index (χ0v) is 12.3. The number of carbonyl (C=O) groups excluding carboxylic acids is 2. The molecule has 1 rings (SSSR count). The Kier molecular flexibility index (Phi) is 5.78.